The van der Waals surface area contributed by atoms with E-state index >= 15 is 0 Å². The van der Waals surface area contributed by atoms with E-state index in [2.05, 4.69) is 20.3 Å². The summed E-state index contributed by atoms with van der Waals surface area (Å²) in [7, 11) is 0. The summed E-state index contributed by atoms with van der Waals surface area (Å²) in [5.74, 6) is -0.121. The zero-order valence-electron chi connectivity index (χ0n) is 10.9. The van der Waals surface area contributed by atoms with Gasteiger partial charge in [0.1, 0.15) is 6.07 Å². The molecule has 0 aliphatic heterocycles. The molecule has 0 atom stereocenters. The number of aromatic nitrogens is 3. The summed E-state index contributed by atoms with van der Waals surface area (Å²) in [6, 6.07) is 4.13. The van der Waals surface area contributed by atoms with Crippen molar-refractivity contribution >= 4 is 5.95 Å². The number of rotatable bonds is 3. The number of anilines is 1. The Balaban J connectivity index is 2.56. The molecule has 2 rings (SSSR count). The predicted octanol–water partition coefficient (Wildman–Crippen LogP) is 2.86. The molecule has 2 aromatic heterocycles. The van der Waals surface area contributed by atoms with Crippen LogP contribution in [0.5, 0.6) is 0 Å². The highest BCUT2D eigenvalue weighted by atomic mass is 19.4. The summed E-state index contributed by atoms with van der Waals surface area (Å²) in [5.41, 5.74) is -0.436. The van der Waals surface area contributed by atoms with Crippen molar-refractivity contribution in [1.29, 1.82) is 5.26 Å². The Hall–Kier alpha value is -2.69. The van der Waals surface area contributed by atoms with Crippen molar-refractivity contribution < 1.29 is 13.2 Å². The van der Waals surface area contributed by atoms with Crippen LogP contribution in [0.2, 0.25) is 0 Å². The number of alkyl halides is 3. The van der Waals surface area contributed by atoms with Crippen molar-refractivity contribution in [3.8, 4) is 17.3 Å². The lowest BCUT2D eigenvalue weighted by Crippen LogP contribution is -2.12. The maximum Gasteiger partial charge on any atom is 0.433 e. The van der Waals surface area contributed by atoms with Crippen LogP contribution in [-0.2, 0) is 6.18 Å². The molecule has 0 aliphatic rings. The topological polar surface area (TPSA) is 74.5 Å². The summed E-state index contributed by atoms with van der Waals surface area (Å²) in [6.45, 7) is 2.11. The lowest BCUT2D eigenvalue weighted by Gasteiger charge is -2.11. The molecule has 0 fully saturated rings. The van der Waals surface area contributed by atoms with Crippen LogP contribution in [0, 0.1) is 11.3 Å². The van der Waals surface area contributed by atoms with Gasteiger partial charge in [0.2, 0.25) is 5.95 Å². The largest absolute Gasteiger partial charge is 0.433 e. The second-order valence-electron chi connectivity index (χ2n) is 4.06. The normalized spacial score (nSPS) is 11.0. The molecule has 0 saturated carbocycles. The Morgan fingerprint density at radius 1 is 1.24 bits per heavy atom. The first-order valence-electron chi connectivity index (χ1n) is 5.99. The first-order chi connectivity index (χ1) is 9.94. The van der Waals surface area contributed by atoms with Crippen LogP contribution in [0.4, 0.5) is 19.1 Å². The summed E-state index contributed by atoms with van der Waals surface area (Å²) >= 11 is 0. The number of pyridine rings is 1. The fraction of sp³-hybridized carbons (Fsp3) is 0.231. The Morgan fingerprint density at radius 3 is 2.62 bits per heavy atom. The SMILES string of the molecule is CCNc1nc(-c2cncc(C#N)c2)cc(C(F)(F)F)n1. The standard InChI is InChI=1S/C13H10F3N5/c1-2-19-12-20-10(4-11(21-12)13(14,15)16)9-3-8(5-17)6-18-7-9/h3-4,6-7H,2H2,1H3,(H,19,20,21). The van der Waals surface area contributed by atoms with Gasteiger partial charge in [-0.25, -0.2) is 9.97 Å². The fourth-order valence-electron chi connectivity index (χ4n) is 1.62. The summed E-state index contributed by atoms with van der Waals surface area (Å²) in [6.07, 6.45) is -1.91. The fourth-order valence-corrected chi connectivity index (χ4v) is 1.62. The molecule has 108 valence electrons. The van der Waals surface area contributed by atoms with Gasteiger partial charge >= 0.3 is 6.18 Å². The first kappa shape index (κ1) is 14.7. The minimum absolute atomic E-state index is 0.0536. The van der Waals surface area contributed by atoms with Crippen molar-refractivity contribution in [2.75, 3.05) is 11.9 Å². The van der Waals surface area contributed by atoms with E-state index in [1.165, 1.54) is 18.5 Å². The summed E-state index contributed by atoms with van der Waals surface area (Å²) in [4.78, 5) is 11.3. The van der Waals surface area contributed by atoms with Crippen LogP contribution >= 0.6 is 0 Å². The minimum Gasteiger partial charge on any atom is -0.354 e. The predicted molar refractivity (Wildman–Crippen MR) is 69.1 cm³/mol. The van der Waals surface area contributed by atoms with Crippen molar-refractivity contribution in [1.82, 2.24) is 15.0 Å². The molecule has 0 spiro atoms. The molecular weight excluding hydrogens is 283 g/mol. The van der Waals surface area contributed by atoms with E-state index in [0.717, 1.165) is 6.07 Å². The number of hydrogen-bond acceptors (Lipinski definition) is 5. The van der Waals surface area contributed by atoms with Gasteiger partial charge in [0.15, 0.2) is 5.69 Å². The van der Waals surface area contributed by atoms with Crippen molar-refractivity contribution in [3.63, 3.8) is 0 Å². The molecule has 8 heteroatoms. The Morgan fingerprint density at radius 2 is 2.00 bits per heavy atom. The van der Waals surface area contributed by atoms with Gasteiger partial charge < -0.3 is 5.32 Å². The first-order valence-corrected chi connectivity index (χ1v) is 5.99. The van der Waals surface area contributed by atoms with Crippen molar-refractivity contribution in [2.45, 2.75) is 13.1 Å². The lowest BCUT2D eigenvalue weighted by atomic mass is 10.1. The molecule has 0 amide bonds. The highest BCUT2D eigenvalue weighted by Gasteiger charge is 2.33. The van der Waals surface area contributed by atoms with Crippen molar-refractivity contribution in [2.24, 2.45) is 0 Å². The molecule has 2 aromatic rings. The number of nitriles is 1. The molecule has 0 bridgehead atoms. The van der Waals surface area contributed by atoms with E-state index in [-0.39, 0.29) is 17.2 Å². The zero-order chi connectivity index (χ0) is 15.5. The minimum atomic E-state index is -4.58. The van der Waals surface area contributed by atoms with Gasteiger partial charge in [-0.3, -0.25) is 4.98 Å². The molecule has 2 heterocycles. The van der Waals surface area contributed by atoms with Gasteiger partial charge in [0.05, 0.1) is 11.3 Å². The van der Waals surface area contributed by atoms with Gasteiger partial charge in [0, 0.05) is 24.5 Å². The quantitative estimate of drug-likeness (QED) is 0.941. The van der Waals surface area contributed by atoms with E-state index < -0.39 is 11.9 Å². The number of hydrogen-bond donors (Lipinski definition) is 1. The molecule has 0 aliphatic carbocycles. The van der Waals surface area contributed by atoms with Gasteiger partial charge in [-0.05, 0) is 19.1 Å². The smallest absolute Gasteiger partial charge is 0.354 e. The maximum absolute atomic E-state index is 12.9. The summed E-state index contributed by atoms with van der Waals surface area (Å²) < 4.78 is 38.6. The van der Waals surface area contributed by atoms with E-state index in [0.29, 0.717) is 12.1 Å². The molecule has 5 nitrogen and oxygen atoms in total. The third-order valence-corrected chi connectivity index (χ3v) is 2.51. The highest BCUT2D eigenvalue weighted by Crippen LogP contribution is 2.31. The number of halogens is 3. The Kier molecular flexibility index (Phi) is 4.03. The molecule has 0 saturated heterocycles. The van der Waals surface area contributed by atoms with E-state index in [9.17, 15) is 13.2 Å². The highest BCUT2D eigenvalue weighted by molar-refractivity contribution is 5.61. The van der Waals surface area contributed by atoms with Gasteiger partial charge in [0.25, 0.3) is 0 Å². The average molecular weight is 293 g/mol. The average Bonchev–Trinajstić information content (AvgIpc) is 2.46. The van der Waals surface area contributed by atoms with Crippen LogP contribution in [0.15, 0.2) is 24.5 Å². The van der Waals surface area contributed by atoms with Gasteiger partial charge in [-0.2, -0.15) is 18.4 Å². The molecule has 0 radical (unpaired) electrons. The second kappa shape index (κ2) is 5.75. The van der Waals surface area contributed by atoms with E-state index in [4.69, 9.17) is 5.26 Å². The third kappa shape index (κ3) is 3.45. The third-order valence-electron chi connectivity index (χ3n) is 2.51. The Labute approximate surface area is 118 Å². The van der Waals surface area contributed by atoms with E-state index in [1.807, 2.05) is 6.07 Å². The van der Waals surface area contributed by atoms with Crippen LogP contribution in [0.3, 0.4) is 0 Å². The molecule has 0 unspecified atom stereocenters. The van der Waals surface area contributed by atoms with Crippen LogP contribution in [0.1, 0.15) is 18.2 Å². The molecular formula is C13H10F3N5. The van der Waals surface area contributed by atoms with Gasteiger partial charge in [-0.1, -0.05) is 0 Å². The number of nitrogens with one attached hydrogen (secondary N) is 1. The molecule has 21 heavy (non-hydrogen) atoms. The lowest BCUT2D eigenvalue weighted by molar-refractivity contribution is -0.141. The van der Waals surface area contributed by atoms with E-state index in [1.54, 1.807) is 6.92 Å². The molecule has 1 N–H and O–H groups in total. The van der Waals surface area contributed by atoms with Gasteiger partial charge in [-0.15, -0.1) is 0 Å². The zero-order valence-corrected chi connectivity index (χ0v) is 10.9. The molecule has 0 aromatic carbocycles. The maximum atomic E-state index is 12.9. The van der Waals surface area contributed by atoms with Crippen LogP contribution in [-0.4, -0.2) is 21.5 Å². The second-order valence-corrected chi connectivity index (χ2v) is 4.06. The van der Waals surface area contributed by atoms with Crippen LogP contribution in [0.25, 0.3) is 11.3 Å². The summed E-state index contributed by atoms with van der Waals surface area (Å²) in [5, 5.41) is 11.5. The monoisotopic (exact) mass is 293 g/mol. The van der Waals surface area contributed by atoms with Crippen LogP contribution < -0.4 is 5.32 Å². The Bertz CT molecular complexity index is 691. The van der Waals surface area contributed by atoms with Crippen molar-refractivity contribution in [3.05, 3.63) is 35.8 Å². The number of nitrogens with zero attached hydrogens (tertiary/aromatic N) is 4.